The maximum Gasteiger partial charge on any atom is 0.224 e. The first-order chi connectivity index (χ1) is 31.0. The van der Waals surface area contributed by atoms with Gasteiger partial charge in [0.1, 0.15) is 12.2 Å². The molecule has 13 heteroatoms. The molecule has 7 rings (SSSR count). The second-order valence-electron chi connectivity index (χ2n) is 19.4. The summed E-state index contributed by atoms with van der Waals surface area (Å²) >= 11 is 0. The Balaban J connectivity index is 1.08. The number of sulfone groups is 2. The van der Waals surface area contributed by atoms with Gasteiger partial charge in [-0.3, -0.25) is 14.4 Å². The molecule has 0 unspecified atom stereocenters. The molecule has 4 atom stereocenters. The molecule has 4 N–H and O–H groups in total. The number of benzene rings is 6. The molecule has 6 aromatic carbocycles. The van der Waals surface area contributed by atoms with Gasteiger partial charge in [-0.1, -0.05) is 121 Å². The number of hydrogen-bond donors (Lipinski definition) is 4. The van der Waals surface area contributed by atoms with Gasteiger partial charge in [0.2, 0.25) is 11.8 Å². The normalized spacial score (nSPS) is 16.5. The fraction of sp³-hybridized carbons (Fsp3) is 0.340. The van der Waals surface area contributed by atoms with E-state index in [1.165, 1.54) is 12.1 Å². The third-order valence-electron chi connectivity index (χ3n) is 12.7. The van der Waals surface area contributed by atoms with Crippen LogP contribution in [0.25, 0.3) is 21.5 Å². The topological polar surface area (TPSA) is 184 Å². The van der Waals surface area contributed by atoms with Crippen LogP contribution in [0.5, 0.6) is 0 Å². The molecule has 0 radical (unpaired) electrons. The van der Waals surface area contributed by atoms with Gasteiger partial charge in [0.15, 0.2) is 25.5 Å². The van der Waals surface area contributed by atoms with Crippen molar-refractivity contribution < 1.29 is 41.4 Å². The van der Waals surface area contributed by atoms with Gasteiger partial charge < -0.3 is 20.8 Å². The Morgan fingerprint density at radius 3 is 1.29 bits per heavy atom. The second kappa shape index (κ2) is 18.9. The summed E-state index contributed by atoms with van der Waals surface area (Å²) < 4.78 is 51.7. The maximum atomic E-state index is 14.0. The summed E-state index contributed by atoms with van der Waals surface area (Å²) in [5.74, 6) is -3.96. The van der Waals surface area contributed by atoms with Crippen LogP contribution in [-0.2, 0) is 55.2 Å². The van der Waals surface area contributed by atoms with Crippen LogP contribution in [0.4, 0.5) is 0 Å². The van der Waals surface area contributed by atoms with Crippen LogP contribution < -0.4 is 10.6 Å². The highest BCUT2D eigenvalue weighted by atomic mass is 32.2. The van der Waals surface area contributed by atoms with Gasteiger partial charge in [-0.2, -0.15) is 0 Å². The molecule has 0 fully saturated rings. The first kappa shape index (κ1) is 48.2. The van der Waals surface area contributed by atoms with Crippen molar-refractivity contribution in [3.8, 4) is 0 Å². The van der Waals surface area contributed by atoms with Crippen molar-refractivity contribution in [1.82, 2.24) is 10.6 Å². The van der Waals surface area contributed by atoms with E-state index in [2.05, 4.69) is 10.6 Å². The Hall–Kier alpha value is -5.73. The van der Waals surface area contributed by atoms with Crippen molar-refractivity contribution in [2.75, 3.05) is 11.5 Å². The van der Waals surface area contributed by atoms with Crippen molar-refractivity contribution in [1.29, 1.82) is 0 Å². The van der Waals surface area contributed by atoms with Gasteiger partial charge in [0, 0.05) is 24.2 Å². The molecule has 0 saturated carbocycles. The monoisotopic (exact) mass is 930 g/mol. The molecule has 0 bridgehead atoms. The standard InChI is InChI=1S/C53H58N2O9S2/c1-52(2,3)65(61,62)31-39(27-37-17-11-15-35-13-7-9-19-41(35)37)50(59)54-29-33-21-23-43-45(25-33)48(57)49(58)46-26-34(22-24-44(46)47(43)56)30-55-51(60)40(32-66(63,64)53(4,5)6)28-38-18-12-16-36-14-8-10-20-42(36)38/h7-26,39-40,48-49,57-58H,27-32H2,1-6H3,(H,54,59)(H,55,60)/t39-,40-,48+,49+/m1/s1. The van der Waals surface area contributed by atoms with Crippen molar-refractivity contribution >= 4 is 58.8 Å². The van der Waals surface area contributed by atoms with Crippen LogP contribution in [0.1, 0.15) is 103 Å². The summed E-state index contributed by atoms with van der Waals surface area (Å²) in [5.41, 5.74) is 3.37. The van der Waals surface area contributed by atoms with Gasteiger partial charge in [-0.05, 0) is 109 Å². The van der Waals surface area contributed by atoms with Crippen LogP contribution >= 0.6 is 0 Å². The highest BCUT2D eigenvalue weighted by molar-refractivity contribution is 7.93. The summed E-state index contributed by atoms with van der Waals surface area (Å²) in [4.78, 5) is 41.9. The highest BCUT2D eigenvalue weighted by Crippen LogP contribution is 2.39. The van der Waals surface area contributed by atoms with E-state index in [0.717, 1.165) is 32.7 Å². The molecular formula is C53H58N2O9S2. The Bertz CT molecular complexity index is 2840. The Morgan fingerprint density at radius 2 is 0.909 bits per heavy atom. The number of carbonyl (C=O) groups excluding carboxylic acids is 3. The number of nitrogens with one attached hydrogen (secondary N) is 2. The van der Waals surface area contributed by atoms with Crippen molar-refractivity contribution in [2.45, 2.75) is 89.2 Å². The van der Waals surface area contributed by atoms with Gasteiger partial charge in [0.05, 0.1) is 32.8 Å². The van der Waals surface area contributed by atoms with Crippen molar-refractivity contribution in [3.63, 3.8) is 0 Å². The first-order valence-electron chi connectivity index (χ1n) is 22.1. The maximum absolute atomic E-state index is 14.0. The number of ketones is 1. The first-order valence-corrected chi connectivity index (χ1v) is 25.4. The average molecular weight is 931 g/mol. The van der Waals surface area contributed by atoms with E-state index >= 15 is 0 Å². The van der Waals surface area contributed by atoms with E-state index in [4.69, 9.17) is 0 Å². The van der Waals surface area contributed by atoms with Gasteiger partial charge in [0.25, 0.3) is 0 Å². The van der Waals surface area contributed by atoms with E-state index < -0.39 is 70.8 Å². The van der Waals surface area contributed by atoms with E-state index in [9.17, 15) is 41.4 Å². The lowest BCUT2D eigenvalue weighted by atomic mass is 9.94. The molecule has 0 aliphatic heterocycles. The fourth-order valence-electron chi connectivity index (χ4n) is 8.46. The number of aliphatic hydroxyl groups is 2. The number of aliphatic hydroxyl groups excluding tert-OH is 2. The molecule has 2 amide bonds. The quantitative estimate of drug-likeness (QED) is 0.0851. The molecule has 346 valence electrons. The average Bonchev–Trinajstić information content (AvgIpc) is 3.34. The largest absolute Gasteiger partial charge is 0.385 e. The fourth-order valence-corrected chi connectivity index (χ4v) is 11.1. The Morgan fingerprint density at radius 1 is 0.545 bits per heavy atom. The van der Waals surface area contributed by atoms with Crippen LogP contribution in [0.15, 0.2) is 121 Å². The number of hydrogen-bond acceptors (Lipinski definition) is 9. The highest BCUT2D eigenvalue weighted by Gasteiger charge is 2.37. The van der Waals surface area contributed by atoms with Crippen LogP contribution in [-0.4, -0.2) is 65.6 Å². The van der Waals surface area contributed by atoms with Crippen molar-refractivity contribution in [2.24, 2.45) is 11.8 Å². The van der Waals surface area contributed by atoms with Crippen LogP contribution in [0.2, 0.25) is 0 Å². The lowest BCUT2D eigenvalue weighted by Gasteiger charge is -2.24. The molecular weight excluding hydrogens is 873 g/mol. The van der Waals surface area contributed by atoms with E-state index in [-0.39, 0.29) is 59.7 Å². The number of amides is 2. The zero-order chi connectivity index (χ0) is 47.8. The molecule has 0 spiro atoms. The molecule has 0 saturated heterocycles. The van der Waals surface area contributed by atoms with Gasteiger partial charge in [-0.25, -0.2) is 16.8 Å². The zero-order valence-corrected chi connectivity index (χ0v) is 39.8. The predicted molar refractivity (Wildman–Crippen MR) is 259 cm³/mol. The van der Waals surface area contributed by atoms with Crippen LogP contribution in [0.3, 0.4) is 0 Å². The SMILES string of the molecule is CC(C)(C)S(=O)(=O)C[C@@H](Cc1cccc2ccccc12)C(=O)NCc1ccc2c(c1)[C@H](O)[C@@H](O)c1cc(CNC(=O)[C@H](Cc3cccc4ccccc34)CS(=O)(=O)C(C)(C)C)ccc1C2=O. The summed E-state index contributed by atoms with van der Waals surface area (Å²) in [7, 11) is -7.41. The minimum atomic E-state index is -3.71. The molecule has 1 aliphatic rings. The number of fused-ring (bicyclic) bond motifs is 4. The summed E-state index contributed by atoms with van der Waals surface area (Å²) in [6, 6.07) is 36.4. The van der Waals surface area contributed by atoms with E-state index in [1.807, 2.05) is 84.9 Å². The number of carbonyl (C=O) groups is 3. The summed E-state index contributed by atoms with van der Waals surface area (Å²) in [6.07, 6.45) is -2.73. The molecule has 1 aliphatic carbocycles. The predicted octanol–water partition coefficient (Wildman–Crippen LogP) is 7.68. The minimum Gasteiger partial charge on any atom is -0.385 e. The van der Waals surface area contributed by atoms with Crippen molar-refractivity contribution in [3.05, 3.63) is 166 Å². The van der Waals surface area contributed by atoms with Gasteiger partial charge >= 0.3 is 0 Å². The smallest absolute Gasteiger partial charge is 0.224 e. The van der Waals surface area contributed by atoms with Crippen LogP contribution in [0, 0.1) is 11.8 Å². The zero-order valence-electron chi connectivity index (χ0n) is 38.2. The van der Waals surface area contributed by atoms with Gasteiger partial charge in [-0.15, -0.1) is 0 Å². The molecule has 0 heterocycles. The third kappa shape index (κ3) is 10.3. The van der Waals surface area contributed by atoms with E-state index in [0.29, 0.717) is 11.1 Å². The summed E-state index contributed by atoms with van der Waals surface area (Å²) in [6.45, 7) is 9.57. The number of rotatable bonds is 14. The minimum absolute atomic E-state index is 0.0416. The third-order valence-corrected chi connectivity index (χ3v) is 18.1. The second-order valence-corrected chi connectivity index (χ2v) is 24.9. The molecule has 11 nitrogen and oxygen atoms in total. The Kier molecular flexibility index (Phi) is 13.8. The lowest BCUT2D eigenvalue weighted by Crippen LogP contribution is -2.40. The van der Waals surface area contributed by atoms with E-state index in [1.54, 1.807) is 65.8 Å². The summed E-state index contributed by atoms with van der Waals surface area (Å²) in [5, 5.41) is 32.8. The lowest BCUT2D eigenvalue weighted by molar-refractivity contribution is -0.125. The Labute approximate surface area is 387 Å². The molecule has 0 aromatic heterocycles. The molecule has 6 aromatic rings. The molecule has 66 heavy (non-hydrogen) atoms.